The van der Waals surface area contributed by atoms with E-state index in [0.29, 0.717) is 25.3 Å². The number of piperidine rings is 1. The molecule has 2 aliphatic rings. The molecule has 2 bridgehead atoms. The summed E-state index contributed by atoms with van der Waals surface area (Å²) in [7, 11) is 0. The lowest BCUT2D eigenvalue weighted by Gasteiger charge is -2.45. The zero-order chi connectivity index (χ0) is 13.2. The van der Waals surface area contributed by atoms with E-state index >= 15 is 0 Å². The number of hydrogen-bond acceptors (Lipinski definition) is 5. The maximum atomic E-state index is 8.97. The predicted molar refractivity (Wildman–Crippen MR) is 73.2 cm³/mol. The van der Waals surface area contributed by atoms with E-state index in [0.717, 1.165) is 30.8 Å². The van der Waals surface area contributed by atoms with E-state index < -0.39 is 0 Å². The van der Waals surface area contributed by atoms with Gasteiger partial charge in [0, 0.05) is 37.2 Å². The molecule has 5 heteroatoms. The molecule has 3 rings (SSSR count). The van der Waals surface area contributed by atoms with Crippen LogP contribution in [0.3, 0.4) is 0 Å². The van der Waals surface area contributed by atoms with Gasteiger partial charge in [0.1, 0.15) is 0 Å². The van der Waals surface area contributed by atoms with Crippen molar-refractivity contribution < 1.29 is 9.94 Å². The Morgan fingerprint density at radius 3 is 2.68 bits per heavy atom. The highest BCUT2D eigenvalue weighted by atomic mass is 16.5. The van der Waals surface area contributed by atoms with Gasteiger partial charge in [-0.25, -0.2) is 0 Å². The number of benzene rings is 1. The van der Waals surface area contributed by atoms with Crippen LogP contribution in [0, 0.1) is 0 Å². The standard InChI is InChI=1S/C14H19N3O2/c15-11-3-1-2-10(4-11)7-17-13-5-12(16-18)6-14(17)9-19-8-13/h1-4,13-14,18H,5-9,15H2. The van der Waals surface area contributed by atoms with Gasteiger partial charge in [-0.3, -0.25) is 4.90 Å². The van der Waals surface area contributed by atoms with Crippen molar-refractivity contribution in [1.29, 1.82) is 0 Å². The Kier molecular flexibility index (Phi) is 3.40. The second-order valence-electron chi connectivity index (χ2n) is 5.34. The third-order valence-corrected chi connectivity index (χ3v) is 3.96. The molecule has 0 saturated carbocycles. The molecule has 5 nitrogen and oxygen atoms in total. The fourth-order valence-corrected chi connectivity index (χ4v) is 3.05. The molecule has 2 fully saturated rings. The SMILES string of the molecule is Nc1cccc(CN2C3COCC2CC(=NO)C3)c1. The molecule has 0 radical (unpaired) electrons. The number of fused-ring (bicyclic) bond motifs is 2. The topological polar surface area (TPSA) is 71.1 Å². The molecule has 102 valence electrons. The number of nitrogens with zero attached hydrogens (tertiary/aromatic N) is 2. The molecule has 2 unspecified atom stereocenters. The van der Waals surface area contributed by atoms with Gasteiger partial charge in [0.05, 0.1) is 18.9 Å². The van der Waals surface area contributed by atoms with Gasteiger partial charge in [-0.2, -0.15) is 0 Å². The summed E-state index contributed by atoms with van der Waals surface area (Å²) in [4.78, 5) is 2.45. The monoisotopic (exact) mass is 261 g/mol. The van der Waals surface area contributed by atoms with Crippen LogP contribution in [0.5, 0.6) is 0 Å². The Morgan fingerprint density at radius 2 is 2.05 bits per heavy atom. The molecule has 0 spiro atoms. The van der Waals surface area contributed by atoms with Crippen LogP contribution in [-0.2, 0) is 11.3 Å². The van der Waals surface area contributed by atoms with Crippen molar-refractivity contribution in [3.63, 3.8) is 0 Å². The predicted octanol–water partition coefficient (Wildman–Crippen LogP) is 1.46. The molecule has 0 aromatic heterocycles. The van der Waals surface area contributed by atoms with Gasteiger partial charge in [0.25, 0.3) is 0 Å². The molecule has 2 aliphatic heterocycles. The van der Waals surface area contributed by atoms with E-state index in [4.69, 9.17) is 15.7 Å². The number of rotatable bonds is 2. The first-order valence-corrected chi connectivity index (χ1v) is 6.64. The summed E-state index contributed by atoms with van der Waals surface area (Å²) < 4.78 is 5.62. The highest BCUT2D eigenvalue weighted by Crippen LogP contribution is 2.28. The summed E-state index contributed by atoms with van der Waals surface area (Å²) >= 11 is 0. The number of ether oxygens (including phenoxy) is 1. The zero-order valence-electron chi connectivity index (χ0n) is 10.8. The van der Waals surface area contributed by atoms with Crippen molar-refractivity contribution in [3.8, 4) is 0 Å². The van der Waals surface area contributed by atoms with Gasteiger partial charge in [-0.15, -0.1) is 0 Å². The molecule has 2 heterocycles. The van der Waals surface area contributed by atoms with Crippen LogP contribution < -0.4 is 5.73 Å². The minimum absolute atomic E-state index is 0.305. The van der Waals surface area contributed by atoms with Crippen LogP contribution in [-0.4, -0.2) is 41.1 Å². The van der Waals surface area contributed by atoms with Crippen LogP contribution in [0.4, 0.5) is 5.69 Å². The molecule has 19 heavy (non-hydrogen) atoms. The number of hydrogen-bond donors (Lipinski definition) is 2. The second-order valence-corrected chi connectivity index (χ2v) is 5.34. The Balaban J connectivity index is 1.77. The van der Waals surface area contributed by atoms with E-state index in [2.05, 4.69) is 16.1 Å². The molecular formula is C14H19N3O2. The molecule has 1 aromatic rings. The first kappa shape index (κ1) is 12.4. The lowest BCUT2D eigenvalue weighted by molar-refractivity contribution is -0.0574. The average Bonchev–Trinajstić information content (AvgIpc) is 2.38. The van der Waals surface area contributed by atoms with Gasteiger partial charge in [-0.05, 0) is 17.7 Å². The third kappa shape index (κ3) is 2.57. The fraction of sp³-hybridized carbons (Fsp3) is 0.500. The number of morpholine rings is 1. The lowest BCUT2D eigenvalue weighted by atomic mass is 9.92. The number of anilines is 1. The van der Waals surface area contributed by atoms with E-state index in [9.17, 15) is 0 Å². The quantitative estimate of drug-likeness (QED) is 0.480. The van der Waals surface area contributed by atoms with Crippen LogP contribution in [0.25, 0.3) is 0 Å². The van der Waals surface area contributed by atoms with E-state index in [1.165, 1.54) is 5.56 Å². The van der Waals surface area contributed by atoms with Crippen molar-refractivity contribution in [2.75, 3.05) is 18.9 Å². The summed E-state index contributed by atoms with van der Waals surface area (Å²) in [6, 6.07) is 8.62. The van der Waals surface area contributed by atoms with Crippen molar-refractivity contribution >= 4 is 11.4 Å². The van der Waals surface area contributed by atoms with Gasteiger partial charge < -0.3 is 15.7 Å². The van der Waals surface area contributed by atoms with Gasteiger partial charge >= 0.3 is 0 Å². The molecule has 3 N–H and O–H groups in total. The minimum atomic E-state index is 0.305. The number of nitrogens with two attached hydrogens (primary N) is 1. The largest absolute Gasteiger partial charge is 0.411 e. The number of nitrogen functional groups attached to an aromatic ring is 1. The molecule has 2 saturated heterocycles. The normalized spacial score (nSPS) is 27.3. The van der Waals surface area contributed by atoms with E-state index in [1.807, 2.05) is 18.2 Å². The van der Waals surface area contributed by atoms with Crippen LogP contribution in [0.2, 0.25) is 0 Å². The van der Waals surface area contributed by atoms with E-state index in [1.54, 1.807) is 0 Å². The minimum Gasteiger partial charge on any atom is -0.411 e. The van der Waals surface area contributed by atoms with E-state index in [-0.39, 0.29) is 0 Å². The summed E-state index contributed by atoms with van der Waals surface area (Å²) in [6.45, 7) is 2.29. The Hall–Kier alpha value is -1.59. The average molecular weight is 261 g/mol. The van der Waals surface area contributed by atoms with Crippen LogP contribution >= 0.6 is 0 Å². The highest BCUT2D eigenvalue weighted by molar-refractivity contribution is 5.86. The Labute approximate surface area is 112 Å². The van der Waals surface area contributed by atoms with Crippen molar-refractivity contribution in [2.24, 2.45) is 5.16 Å². The Morgan fingerprint density at radius 1 is 1.32 bits per heavy atom. The molecule has 1 aromatic carbocycles. The van der Waals surface area contributed by atoms with Crippen molar-refractivity contribution in [3.05, 3.63) is 29.8 Å². The highest BCUT2D eigenvalue weighted by Gasteiger charge is 2.37. The maximum Gasteiger partial charge on any atom is 0.0626 e. The third-order valence-electron chi connectivity index (χ3n) is 3.96. The van der Waals surface area contributed by atoms with Gasteiger partial charge in [0.2, 0.25) is 0 Å². The second kappa shape index (κ2) is 5.19. The summed E-state index contributed by atoms with van der Waals surface area (Å²) in [5.74, 6) is 0. The molecule has 0 aliphatic carbocycles. The summed E-state index contributed by atoms with van der Waals surface area (Å²) in [6.07, 6.45) is 1.57. The lowest BCUT2D eigenvalue weighted by Crippen LogP contribution is -2.56. The van der Waals surface area contributed by atoms with Crippen molar-refractivity contribution in [1.82, 2.24) is 4.90 Å². The van der Waals surface area contributed by atoms with Crippen LogP contribution in [0.15, 0.2) is 29.4 Å². The summed E-state index contributed by atoms with van der Waals surface area (Å²) in [5, 5.41) is 12.4. The fourth-order valence-electron chi connectivity index (χ4n) is 3.05. The zero-order valence-corrected chi connectivity index (χ0v) is 10.8. The van der Waals surface area contributed by atoms with Crippen LogP contribution in [0.1, 0.15) is 18.4 Å². The van der Waals surface area contributed by atoms with Gasteiger partial charge in [-0.1, -0.05) is 17.3 Å². The Bertz CT molecular complexity index is 473. The molecular weight excluding hydrogens is 242 g/mol. The van der Waals surface area contributed by atoms with Gasteiger partial charge in [0.15, 0.2) is 0 Å². The smallest absolute Gasteiger partial charge is 0.0626 e. The first-order chi connectivity index (χ1) is 9.26. The molecule has 0 amide bonds. The van der Waals surface area contributed by atoms with Crippen molar-refractivity contribution in [2.45, 2.75) is 31.5 Å². The molecule has 2 atom stereocenters. The maximum absolute atomic E-state index is 8.97. The summed E-state index contributed by atoms with van der Waals surface area (Å²) in [5.41, 5.74) is 8.74. The number of oxime groups is 1. The first-order valence-electron chi connectivity index (χ1n) is 6.64.